The summed E-state index contributed by atoms with van der Waals surface area (Å²) in [6, 6.07) is 15.7. The number of anilines is 1. The number of methoxy groups -OCH3 is 1. The molecule has 1 aliphatic rings. The maximum atomic E-state index is 15.3. The second-order valence-corrected chi connectivity index (χ2v) is 11.4. The van der Waals surface area contributed by atoms with Gasteiger partial charge in [0.1, 0.15) is 5.75 Å². The van der Waals surface area contributed by atoms with Gasteiger partial charge in [0.2, 0.25) is 5.69 Å². The Morgan fingerprint density at radius 2 is 1.76 bits per heavy atom. The van der Waals surface area contributed by atoms with Crippen molar-refractivity contribution in [3.05, 3.63) is 105 Å². The zero-order valence-electron chi connectivity index (χ0n) is 27.3. The van der Waals surface area contributed by atoms with Gasteiger partial charge in [-0.2, -0.15) is 9.78 Å². The van der Waals surface area contributed by atoms with E-state index in [1.807, 2.05) is 6.92 Å². The molecule has 0 spiro atoms. The van der Waals surface area contributed by atoms with Crippen molar-refractivity contribution in [2.24, 2.45) is 7.05 Å². The van der Waals surface area contributed by atoms with Crippen LogP contribution >= 0.6 is 0 Å². The Labute approximate surface area is 280 Å². The van der Waals surface area contributed by atoms with Crippen molar-refractivity contribution in [1.29, 1.82) is 0 Å². The van der Waals surface area contributed by atoms with Gasteiger partial charge >= 0.3 is 5.69 Å². The molecule has 13 nitrogen and oxygen atoms in total. The van der Waals surface area contributed by atoms with E-state index in [-0.39, 0.29) is 11.4 Å². The lowest BCUT2D eigenvalue weighted by molar-refractivity contribution is 0.0357. The standard InChI is InChI=1S/C35H35FN6O7/c1-22-5-8-24(9-6-22)42-35(45)40(2)34(44)32(39-42)33(43)38-23-7-10-29(26(36)19-23)49-28-11-12-37-27-21-31(30(46-3)20-25(27)28)48-16-4-13-41-14-17-47-18-15-41/h5-12,19-21H,4,13-18H2,1-3H3,(H,38,43). The summed E-state index contributed by atoms with van der Waals surface area (Å²) < 4.78 is 40.1. The molecule has 14 heteroatoms. The lowest BCUT2D eigenvalue weighted by Crippen LogP contribution is -2.43. The number of nitrogens with zero attached hydrogens (tertiary/aromatic N) is 5. The summed E-state index contributed by atoms with van der Waals surface area (Å²) in [6.45, 7) is 6.59. The van der Waals surface area contributed by atoms with Crippen molar-refractivity contribution in [3.8, 4) is 28.7 Å². The summed E-state index contributed by atoms with van der Waals surface area (Å²) >= 11 is 0. The van der Waals surface area contributed by atoms with Gasteiger partial charge < -0.3 is 24.3 Å². The third-order valence-electron chi connectivity index (χ3n) is 8.05. The van der Waals surface area contributed by atoms with Gasteiger partial charge in [-0.25, -0.2) is 9.18 Å². The van der Waals surface area contributed by atoms with Crippen molar-refractivity contribution in [3.63, 3.8) is 0 Å². The Kier molecular flexibility index (Phi) is 9.97. The number of fused-ring (bicyclic) bond motifs is 1. The van der Waals surface area contributed by atoms with Crippen LogP contribution in [0, 0.1) is 12.7 Å². The molecule has 6 rings (SSSR count). The zero-order valence-corrected chi connectivity index (χ0v) is 27.3. The summed E-state index contributed by atoms with van der Waals surface area (Å²) in [7, 11) is 2.79. The fourth-order valence-electron chi connectivity index (χ4n) is 5.32. The monoisotopic (exact) mass is 670 g/mol. The smallest absolute Gasteiger partial charge is 0.351 e. The number of ether oxygens (including phenoxy) is 4. The fraction of sp³-hybridized carbons (Fsp3) is 0.286. The van der Waals surface area contributed by atoms with Crippen molar-refractivity contribution in [2.45, 2.75) is 13.3 Å². The molecule has 49 heavy (non-hydrogen) atoms. The molecular weight excluding hydrogens is 635 g/mol. The average Bonchev–Trinajstić information content (AvgIpc) is 3.11. The number of halogens is 1. The zero-order chi connectivity index (χ0) is 34.5. The molecule has 1 amide bonds. The first-order chi connectivity index (χ1) is 23.7. The van der Waals surface area contributed by atoms with Crippen LogP contribution in [-0.2, 0) is 11.8 Å². The third-order valence-corrected chi connectivity index (χ3v) is 8.05. The SMILES string of the molecule is COc1cc2c(Oc3ccc(NC(=O)c4nn(-c5ccc(C)cc5)c(=O)n(C)c4=O)cc3F)ccnc2cc1OCCCN1CCOCC1. The first kappa shape index (κ1) is 33.3. The molecule has 0 atom stereocenters. The minimum absolute atomic E-state index is 0.0449. The number of hydrogen-bond acceptors (Lipinski definition) is 10. The van der Waals surface area contributed by atoms with E-state index in [2.05, 4.69) is 20.3 Å². The summed E-state index contributed by atoms with van der Waals surface area (Å²) in [4.78, 5) is 45.4. The minimum Gasteiger partial charge on any atom is -0.493 e. The van der Waals surface area contributed by atoms with E-state index in [1.165, 1.54) is 26.3 Å². The second-order valence-electron chi connectivity index (χ2n) is 11.4. The Hall–Kier alpha value is -5.60. The Balaban J connectivity index is 1.17. The van der Waals surface area contributed by atoms with Gasteiger partial charge in [-0.3, -0.25) is 24.0 Å². The highest BCUT2D eigenvalue weighted by atomic mass is 19.1. The van der Waals surface area contributed by atoms with Gasteiger partial charge in [0.05, 0.1) is 38.1 Å². The van der Waals surface area contributed by atoms with E-state index in [0.717, 1.165) is 60.1 Å². The number of hydrogen-bond donors (Lipinski definition) is 1. The van der Waals surface area contributed by atoms with E-state index in [4.69, 9.17) is 18.9 Å². The summed E-state index contributed by atoms with van der Waals surface area (Å²) in [5.41, 5.74) is -0.222. The van der Waals surface area contributed by atoms with Crippen molar-refractivity contribution in [1.82, 2.24) is 24.2 Å². The van der Waals surface area contributed by atoms with Crippen LogP contribution < -0.4 is 30.8 Å². The first-order valence-electron chi connectivity index (χ1n) is 15.7. The molecule has 0 aliphatic carbocycles. The van der Waals surface area contributed by atoms with Gasteiger partial charge in [-0.1, -0.05) is 17.7 Å². The molecule has 1 N–H and O–H groups in total. The van der Waals surface area contributed by atoms with E-state index in [0.29, 0.717) is 40.4 Å². The fourth-order valence-corrected chi connectivity index (χ4v) is 5.32. The van der Waals surface area contributed by atoms with Crippen LogP contribution in [0.5, 0.6) is 23.0 Å². The molecule has 3 heterocycles. The number of amides is 1. The molecule has 0 saturated carbocycles. The van der Waals surface area contributed by atoms with E-state index in [1.54, 1.807) is 48.7 Å². The number of carbonyl (C=O) groups excluding carboxylic acids is 1. The van der Waals surface area contributed by atoms with Crippen LogP contribution in [0.2, 0.25) is 0 Å². The van der Waals surface area contributed by atoms with E-state index < -0.39 is 28.7 Å². The van der Waals surface area contributed by atoms with Crippen LogP contribution in [0.3, 0.4) is 0 Å². The van der Waals surface area contributed by atoms with Gasteiger partial charge in [0.25, 0.3) is 11.5 Å². The number of aryl methyl sites for hydroxylation is 1. The number of morpholine rings is 1. The first-order valence-corrected chi connectivity index (χ1v) is 15.7. The summed E-state index contributed by atoms with van der Waals surface area (Å²) in [6.07, 6.45) is 2.38. The van der Waals surface area contributed by atoms with E-state index in [9.17, 15) is 14.4 Å². The Morgan fingerprint density at radius 3 is 2.49 bits per heavy atom. The van der Waals surface area contributed by atoms with Gasteiger partial charge in [0.15, 0.2) is 23.1 Å². The van der Waals surface area contributed by atoms with Crippen LogP contribution in [0.4, 0.5) is 10.1 Å². The number of carbonyl (C=O) groups is 1. The molecule has 0 unspecified atom stereocenters. The highest BCUT2D eigenvalue weighted by Crippen LogP contribution is 2.38. The predicted molar refractivity (Wildman–Crippen MR) is 180 cm³/mol. The lowest BCUT2D eigenvalue weighted by atomic mass is 10.1. The Morgan fingerprint density at radius 1 is 0.980 bits per heavy atom. The summed E-state index contributed by atoms with van der Waals surface area (Å²) in [5.74, 6) is -0.477. The number of rotatable bonds is 11. The highest BCUT2D eigenvalue weighted by Gasteiger charge is 2.20. The Bertz CT molecular complexity index is 2110. The number of aromatic nitrogens is 4. The molecular formula is C35H35FN6O7. The average molecular weight is 671 g/mol. The van der Waals surface area contributed by atoms with Crippen molar-refractivity contribution in [2.75, 3.05) is 51.9 Å². The van der Waals surface area contributed by atoms with Gasteiger partial charge in [-0.15, -0.1) is 0 Å². The van der Waals surface area contributed by atoms with Crippen LogP contribution in [0.1, 0.15) is 22.5 Å². The van der Waals surface area contributed by atoms with Crippen molar-refractivity contribution >= 4 is 22.5 Å². The maximum Gasteiger partial charge on any atom is 0.351 e. The number of nitrogens with one attached hydrogen (secondary N) is 1. The topological polar surface area (TPSA) is 139 Å². The number of pyridine rings is 1. The summed E-state index contributed by atoms with van der Waals surface area (Å²) in [5, 5.41) is 7.08. The predicted octanol–water partition coefficient (Wildman–Crippen LogP) is 4.08. The lowest BCUT2D eigenvalue weighted by Gasteiger charge is -2.26. The molecule has 2 aromatic heterocycles. The molecule has 1 fully saturated rings. The molecule has 0 radical (unpaired) electrons. The normalized spacial score (nSPS) is 13.3. The molecule has 5 aromatic rings. The van der Waals surface area contributed by atoms with Gasteiger partial charge in [-0.05, 0) is 49.7 Å². The molecule has 1 saturated heterocycles. The maximum absolute atomic E-state index is 15.3. The quantitative estimate of drug-likeness (QED) is 0.205. The van der Waals surface area contributed by atoms with Gasteiger partial charge in [0, 0.05) is 56.1 Å². The van der Waals surface area contributed by atoms with Crippen LogP contribution in [0.15, 0.2) is 76.4 Å². The second kappa shape index (κ2) is 14.7. The minimum atomic E-state index is -0.916. The van der Waals surface area contributed by atoms with Crippen molar-refractivity contribution < 1.29 is 28.1 Å². The molecule has 3 aromatic carbocycles. The molecule has 254 valence electrons. The van der Waals surface area contributed by atoms with Crippen LogP contribution in [0.25, 0.3) is 16.6 Å². The van der Waals surface area contributed by atoms with E-state index >= 15 is 4.39 Å². The number of benzene rings is 3. The molecule has 0 bridgehead atoms. The third kappa shape index (κ3) is 7.45. The molecule has 1 aliphatic heterocycles. The highest BCUT2D eigenvalue weighted by molar-refractivity contribution is 6.02. The van der Waals surface area contributed by atoms with Crippen LogP contribution in [-0.4, -0.2) is 76.7 Å². The largest absolute Gasteiger partial charge is 0.493 e.